The quantitative estimate of drug-likeness (QED) is 0.634. The van der Waals surface area contributed by atoms with Gasteiger partial charge in [-0.25, -0.2) is 0 Å². The van der Waals surface area contributed by atoms with Gasteiger partial charge in [0.05, 0.1) is 11.0 Å². The normalized spacial score (nSPS) is 11.0. The van der Waals surface area contributed by atoms with Crippen LogP contribution in [0.2, 0.25) is 0 Å². The highest BCUT2D eigenvalue weighted by Gasteiger charge is 2.10. The number of thioether (sulfide) groups is 1. The van der Waals surface area contributed by atoms with E-state index in [1.165, 1.54) is 0 Å². The van der Waals surface area contributed by atoms with Crippen molar-refractivity contribution in [3.05, 3.63) is 45.2 Å². The average Bonchev–Trinajstić information content (AvgIpc) is 2.67. The summed E-state index contributed by atoms with van der Waals surface area (Å²) >= 11 is 7.09. The van der Waals surface area contributed by atoms with Gasteiger partial charge in [-0.3, -0.25) is 0 Å². The number of hydrogen-bond donors (Lipinski definition) is 1. The van der Waals surface area contributed by atoms with Crippen LogP contribution in [-0.2, 0) is 6.54 Å². The van der Waals surface area contributed by atoms with E-state index < -0.39 is 5.76 Å². The highest BCUT2D eigenvalue weighted by atomic mass is 79.9. The zero-order valence-electron chi connectivity index (χ0n) is 9.50. The van der Waals surface area contributed by atoms with Crippen molar-refractivity contribution >= 4 is 49.3 Å². The minimum Gasteiger partial charge on any atom is -0.451 e. The molecule has 0 radical (unpaired) electrons. The number of nitrogens with one attached hydrogen (secondary N) is 1. The van der Waals surface area contributed by atoms with Crippen LogP contribution in [-0.4, -0.2) is 5.76 Å². The lowest BCUT2D eigenvalue weighted by Crippen LogP contribution is -1.99. The molecule has 0 spiro atoms. The molecule has 0 bridgehead atoms. The van der Waals surface area contributed by atoms with Gasteiger partial charge in [0.2, 0.25) is 0 Å². The first kappa shape index (κ1) is 14.9. The molecule has 0 aliphatic heterocycles. The fourth-order valence-electron chi connectivity index (χ4n) is 1.47. The summed E-state index contributed by atoms with van der Waals surface area (Å²) < 4.78 is 31.7. The summed E-state index contributed by atoms with van der Waals surface area (Å²) in [5.74, 6) is -1.73. The van der Waals surface area contributed by atoms with Gasteiger partial charge in [0.25, 0.3) is 5.76 Å². The number of alkyl halides is 2. The van der Waals surface area contributed by atoms with E-state index in [9.17, 15) is 8.78 Å². The molecule has 1 heterocycles. The molecule has 0 aliphatic rings. The maximum absolute atomic E-state index is 12.4. The monoisotopic (exact) mass is 411 g/mol. The van der Waals surface area contributed by atoms with Crippen molar-refractivity contribution in [3.63, 3.8) is 0 Å². The molecular formula is C12H9Br2F2NOS. The van der Waals surface area contributed by atoms with Gasteiger partial charge in [0, 0.05) is 10.6 Å². The molecule has 0 unspecified atom stereocenters. The molecule has 102 valence electrons. The molecule has 1 N–H and O–H groups in total. The molecule has 2 rings (SSSR count). The number of rotatable bonds is 5. The van der Waals surface area contributed by atoms with Crippen molar-refractivity contribution in [3.8, 4) is 0 Å². The topological polar surface area (TPSA) is 25.2 Å². The van der Waals surface area contributed by atoms with Crippen LogP contribution < -0.4 is 5.32 Å². The van der Waals surface area contributed by atoms with E-state index in [-0.39, 0.29) is 0 Å². The van der Waals surface area contributed by atoms with Crippen molar-refractivity contribution in [1.82, 2.24) is 0 Å². The second-order valence-electron chi connectivity index (χ2n) is 3.56. The average molecular weight is 413 g/mol. The van der Waals surface area contributed by atoms with E-state index in [1.54, 1.807) is 24.3 Å². The van der Waals surface area contributed by atoms with Crippen molar-refractivity contribution in [1.29, 1.82) is 0 Å². The Kier molecular flexibility index (Phi) is 5.29. The molecule has 2 nitrogen and oxygen atoms in total. The van der Waals surface area contributed by atoms with Crippen molar-refractivity contribution in [2.75, 3.05) is 5.32 Å². The van der Waals surface area contributed by atoms with Gasteiger partial charge in [0.15, 0.2) is 4.67 Å². The van der Waals surface area contributed by atoms with E-state index in [0.29, 0.717) is 39.3 Å². The SMILES string of the molecule is FC(F)Sc1ccccc1NCc1cc(Br)c(Br)o1. The van der Waals surface area contributed by atoms with Gasteiger partial charge in [-0.1, -0.05) is 23.9 Å². The van der Waals surface area contributed by atoms with Crippen molar-refractivity contribution < 1.29 is 13.2 Å². The molecule has 7 heteroatoms. The van der Waals surface area contributed by atoms with Crippen LogP contribution >= 0.6 is 43.6 Å². The van der Waals surface area contributed by atoms with Crippen LogP contribution in [0.4, 0.5) is 14.5 Å². The van der Waals surface area contributed by atoms with Gasteiger partial charge >= 0.3 is 0 Å². The number of para-hydroxylation sites is 1. The van der Waals surface area contributed by atoms with Crippen LogP contribution in [0.3, 0.4) is 0 Å². The summed E-state index contributed by atoms with van der Waals surface area (Å²) in [5.41, 5.74) is 0.663. The molecule has 1 aromatic heterocycles. The van der Waals surface area contributed by atoms with E-state index in [4.69, 9.17) is 4.42 Å². The number of hydrogen-bond acceptors (Lipinski definition) is 3. The van der Waals surface area contributed by atoms with Gasteiger partial charge in [-0.15, -0.1) is 0 Å². The first-order valence-electron chi connectivity index (χ1n) is 5.27. The number of benzene rings is 1. The highest BCUT2D eigenvalue weighted by Crippen LogP contribution is 2.32. The summed E-state index contributed by atoms with van der Waals surface area (Å²) in [7, 11) is 0. The summed E-state index contributed by atoms with van der Waals surface area (Å²) in [5, 5.41) is 3.09. The molecule has 0 saturated carbocycles. The zero-order valence-corrected chi connectivity index (χ0v) is 13.5. The Morgan fingerprint density at radius 2 is 2.00 bits per heavy atom. The largest absolute Gasteiger partial charge is 0.451 e. The molecule has 1 aromatic carbocycles. The molecular weight excluding hydrogens is 404 g/mol. The fraction of sp³-hybridized carbons (Fsp3) is 0.167. The minimum absolute atomic E-state index is 0.422. The fourth-order valence-corrected chi connectivity index (χ4v) is 2.75. The maximum Gasteiger partial charge on any atom is 0.288 e. The summed E-state index contributed by atoms with van der Waals surface area (Å²) in [6, 6.07) is 8.77. The summed E-state index contributed by atoms with van der Waals surface area (Å²) in [4.78, 5) is 0.516. The zero-order chi connectivity index (χ0) is 13.8. The smallest absolute Gasteiger partial charge is 0.288 e. The Morgan fingerprint density at radius 3 is 2.63 bits per heavy atom. The molecule has 2 aromatic rings. The van der Waals surface area contributed by atoms with Crippen molar-refractivity contribution in [2.45, 2.75) is 17.2 Å². The molecule has 0 aliphatic carbocycles. The van der Waals surface area contributed by atoms with Crippen LogP contribution in [0.25, 0.3) is 0 Å². The van der Waals surface area contributed by atoms with Crippen LogP contribution in [0, 0.1) is 0 Å². The van der Waals surface area contributed by atoms with E-state index in [2.05, 4.69) is 37.2 Å². The van der Waals surface area contributed by atoms with Gasteiger partial charge in [-0.2, -0.15) is 8.78 Å². The summed E-state index contributed by atoms with van der Waals surface area (Å²) in [6.07, 6.45) is 0. The van der Waals surface area contributed by atoms with Crippen molar-refractivity contribution in [2.24, 2.45) is 0 Å². The standard InChI is InChI=1S/C12H9Br2F2NOS/c13-8-5-7(18-11(8)14)6-17-9-3-1-2-4-10(9)19-12(15)16/h1-5,12,17H,6H2. The lowest BCUT2D eigenvalue weighted by molar-refractivity contribution is 0.252. The molecule has 0 fully saturated rings. The molecule has 19 heavy (non-hydrogen) atoms. The third kappa shape index (κ3) is 4.22. The van der Waals surface area contributed by atoms with Gasteiger partial charge < -0.3 is 9.73 Å². The third-order valence-corrected chi connectivity index (χ3v) is 4.75. The predicted octanol–water partition coefficient (Wildman–Crippen LogP) is 5.73. The minimum atomic E-state index is -2.44. The van der Waals surface area contributed by atoms with Crippen LogP contribution in [0.15, 0.2) is 48.8 Å². The predicted molar refractivity (Wildman–Crippen MR) is 79.7 cm³/mol. The van der Waals surface area contributed by atoms with Crippen LogP contribution in [0.5, 0.6) is 0 Å². The first-order chi connectivity index (χ1) is 9.06. The second kappa shape index (κ2) is 6.76. The molecule has 0 atom stereocenters. The second-order valence-corrected chi connectivity index (χ2v) is 6.17. The number of anilines is 1. The Labute approximate surface area is 130 Å². The Bertz CT molecular complexity index is 543. The lowest BCUT2D eigenvalue weighted by Gasteiger charge is -2.10. The van der Waals surface area contributed by atoms with Gasteiger partial charge in [-0.05, 0) is 50.1 Å². The Morgan fingerprint density at radius 1 is 1.26 bits per heavy atom. The van der Waals surface area contributed by atoms with E-state index >= 15 is 0 Å². The first-order valence-corrected chi connectivity index (χ1v) is 7.74. The molecule has 0 saturated heterocycles. The number of furan rings is 1. The van der Waals surface area contributed by atoms with E-state index in [0.717, 1.165) is 4.47 Å². The molecule has 0 amide bonds. The highest BCUT2D eigenvalue weighted by molar-refractivity contribution is 9.13. The van der Waals surface area contributed by atoms with Crippen LogP contribution in [0.1, 0.15) is 5.76 Å². The Hall–Kier alpha value is -0.530. The number of halogens is 4. The van der Waals surface area contributed by atoms with E-state index in [1.807, 2.05) is 6.07 Å². The lowest BCUT2D eigenvalue weighted by atomic mass is 10.3. The maximum atomic E-state index is 12.4. The Balaban J connectivity index is 2.06. The summed E-state index contributed by atoms with van der Waals surface area (Å²) in [6.45, 7) is 0.422. The third-order valence-electron chi connectivity index (χ3n) is 2.25. The van der Waals surface area contributed by atoms with Gasteiger partial charge in [0.1, 0.15) is 5.76 Å².